The number of rotatable bonds is 6. The van der Waals surface area contributed by atoms with Crippen LogP contribution in [-0.2, 0) is 21.3 Å². The van der Waals surface area contributed by atoms with Crippen LogP contribution in [-0.4, -0.2) is 21.9 Å². The highest BCUT2D eigenvalue weighted by atomic mass is 32.2. The maximum atomic E-state index is 12.2. The van der Waals surface area contributed by atoms with Crippen molar-refractivity contribution in [2.75, 3.05) is 5.75 Å². The van der Waals surface area contributed by atoms with Crippen LogP contribution >= 0.6 is 0 Å². The third-order valence-corrected chi connectivity index (χ3v) is 4.38. The first-order valence-corrected chi connectivity index (χ1v) is 8.82. The number of carbonyl (C=O) groups is 1. The summed E-state index contributed by atoms with van der Waals surface area (Å²) in [5.74, 6) is 0.267. The second-order valence-corrected chi connectivity index (χ2v) is 6.93. The average molecular weight is 315 g/mol. The van der Waals surface area contributed by atoms with Crippen molar-refractivity contribution >= 4 is 16.7 Å². The zero-order chi connectivity index (χ0) is 15.9. The van der Waals surface area contributed by atoms with Crippen LogP contribution < -0.4 is 5.32 Å². The Kier molecular flexibility index (Phi) is 5.90. The SMILES string of the molecule is CC(C)NC(=O)CS(=O)Cc1ccccc1-c1ccccc1. The van der Waals surface area contributed by atoms with Crippen LogP contribution in [0.2, 0.25) is 0 Å². The Bertz CT molecular complexity index is 653. The van der Waals surface area contributed by atoms with Crippen LogP contribution in [0.4, 0.5) is 0 Å². The molecule has 0 heterocycles. The number of carbonyl (C=O) groups excluding carboxylic acids is 1. The maximum Gasteiger partial charge on any atom is 0.232 e. The van der Waals surface area contributed by atoms with E-state index in [0.29, 0.717) is 5.75 Å². The predicted molar refractivity (Wildman–Crippen MR) is 91.9 cm³/mol. The van der Waals surface area contributed by atoms with Gasteiger partial charge < -0.3 is 5.32 Å². The average Bonchev–Trinajstić information content (AvgIpc) is 2.47. The number of hydrogen-bond donors (Lipinski definition) is 1. The topological polar surface area (TPSA) is 46.2 Å². The van der Waals surface area contributed by atoms with Gasteiger partial charge in [-0.1, -0.05) is 54.6 Å². The molecule has 1 amide bonds. The molecule has 0 aliphatic carbocycles. The molecule has 0 bridgehead atoms. The molecule has 1 N–H and O–H groups in total. The third kappa shape index (κ3) is 4.81. The van der Waals surface area contributed by atoms with Crippen LogP contribution in [0.3, 0.4) is 0 Å². The molecular weight excluding hydrogens is 294 g/mol. The number of amides is 1. The highest BCUT2D eigenvalue weighted by Crippen LogP contribution is 2.24. The molecule has 1 atom stereocenters. The fourth-order valence-corrected chi connectivity index (χ4v) is 3.36. The lowest BCUT2D eigenvalue weighted by Crippen LogP contribution is -2.33. The Hall–Kier alpha value is -1.94. The van der Waals surface area contributed by atoms with E-state index in [2.05, 4.69) is 5.32 Å². The van der Waals surface area contributed by atoms with E-state index < -0.39 is 10.8 Å². The zero-order valence-corrected chi connectivity index (χ0v) is 13.7. The summed E-state index contributed by atoms with van der Waals surface area (Å²) >= 11 is 0. The summed E-state index contributed by atoms with van der Waals surface area (Å²) in [5, 5.41) is 2.77. The molecule has 2 aromatic carbocycles. The number of nitrogens with one attached hydrogen (secondary N) is 1. The largest absolute Gasteiger partial charge is 0.353 e. The zero-order valence-electron chi connectivity index (χ0n) is 12.9. The second-order valence-electron chi connectivity index (χ2n) is 5.47. The predicted octanol–water partition coefficient (Wildman–Crippen LogP) is 3.13. The van der Waals surface area contributed by atoms with Gasteiger partial charge in [0.1, 0.15) is 5.75 Å². The first-order valence-electron chi connectivity index (χ1n) is 7.34. The molecule has 2 aromatic rings. The highest BCUT2D eigenvalue weighted by Gasteiger charge is 2.12. The lowest BCUT2D eigenvalue weighted by Gasteiger charge is -2.11. The summed E-state index contributed by atoms with van der Waals surface area (Å²) in [4.78, 5) is 11.7. The van der Waals surface area contributed by atoms with Gasteiger partial charge in [-0.2, -0.15) is 0 Å². The molecule has 0 radical (unpaired) electrons. The van der Waals surface area contributed by atoms with Gasteiger partial charge in [0.2, 0.25) is 5.91 Å². The first-order chi connectivity index (χ1) is 10.6. The lowest BCUT2D eigenvalue weighted by molar-refractivity contribution is -0.119. The van der Waals surface area contributed by atoms with E-state index in [1.165, 1.54) is 0 Å². The summed E-state index contributed by atoms with van der Waals surface area (Å²) in [6.07, 6.45) is 0. The van der Waals surface area contributed by atoms with Crippen molar-refractivity contribution in [3.8, 4) is 11.1 Å². The van der Waals surface area contributed by atoms with Gasteiger partial charge in [0.25, 0.3) is 0 Å². The lowest BCUT2D eigenvalue weighted by atomic mass is 10.0. The van der Waals surface area contributed by atoms with Gasteiger partial charge in [-0.25, -0.2) is 0 Å². The van der Waals surface area contributed by atoms with Crippen molar-refractivity contribution < 1.29 is 9.00 Å². The van der Waals surface area contributed by atoms with Gasteiger partial charge in [-0.15, -0.1) is 0 Å². The summed E-state index contributed by atoms with van der Waals surface area (Å²) < 4.78 is 12.2. The molecule has 0 saturated heterocycles. The van der Waals surface area contributed by atoms with Crippen LogP contribution in [0.5, 0.6) is 0 Å². The second kappa shape index (κ2) is 7.90. The summed E-state index contributed by atoms with van der Waals surface area (Å²) in [6, 6.07) is 18.0. The van der Waals surface area contributed by atoms with Gasteiger partial charge in [0.05, 0.1) is 0 Å². The molecule has 0 saturated carbocycles. The molecule has 0 spiro atoms. The Morgan fingerprint density at radius 1 is 1.05 bits per heavy atom. The molecule has 22 heavy (non-hydrogen) atoms. The molecule has 4 heteroatoms. The van der Waals surface area contributed by atoms with Crippen molar-refractivity contribution in [3.63, 3.8) is 0 Å². The van der Waals surface area contributed by atoms with E-state index in [0.717, 1.165) is 16.7 Å². The molecule has 1 unspecified atom stereocenters. The van der Waals surface area contributed by atoms with Crippen LogP contribution in [0.25, 0.3) is 11.1 Å². The van der Waals surface area contributed by atoms with E-state index in [1.807, 2.05) is 68.4 Å². The molecule has 0 fully saturated rings. The Morgan fingerprint density at radius 2 is 1.68 bits per heavy atom. The first kappa shape index (κ1) is 16.4. The smallest absolute Gasteiger partial charge is 0.232 e. The summed E-state index contributed by atoms with van der Waals surface area (Å²) in [5.41, 5.74) is 3.17. The van der Waals surface area contributed by atoms with Gasteiger partial charge >= 0.3 is 0 Å². The minimum atomic E-state index is -1.21. The quantitative estimate of drug-likeness (QED) is 0.890. The van der Waals surface area contributed by atoms with Crippen LogP contribution in [0, 0.1) is 0 Å². The van der Waals surface area contributed by atoms with Crippen LogP contribution in [0.15, 0.2) is 54.6 Å². The normalized spacial score (nSPS) is 12.1. The van der Waals surface area contributed by atoms with Gasteiger partial charge in [0.15, 0.2) is 0 Å². The fourth-order valence-electron chi connectivity index (χ4n) is 2.28. The summed E-state index contributed by atoms with van der Waals surface area (Å²) in [6.45, 7) is 3.79. The minimum absolute atomic E-state index is 0.0430. The molecule has 0 aromatic heterocycles. The molecule has 0 aliphatic rings. The monoisotopic (exact) mass is 315 g/mol. The third-order valence-electron chi connectivity index (χ3n) is 3.16. The van der Waals surface area contributed by atoms with Crippen molar-refractivity contribution in [3.05, 3.63) is 60.2 Å². The maximum absolute atomic E-state index is 12.2. The van der Waals surface area contributed by atoms with Gasteiger partial charge in [0, 0.05) is 22.6 Å². The summed E-state index contributed by atoms with van der Waals surface area (Å²) in [7, 11) is -1.21. The van der Waals surface area contributed by atoms with E-state index in [4.69, 9.17) is 0 Å². The highest BCUT2D eigenvalue weighted by molar-refractivity contribution is 7.84. The molecule has 0 aliphatic heterocycles. The Morgan fingerprint density at radius 3 is 2.36 bits per heavy atom. The fraction of sp³-hybridized carbons (Fsp3) is 0.278. The van der Waals surface area contributed by atoms with E-state index in [9.17, 15) is 9.00 Å². The number of hydrogen-bond acceptors (Lipinski definition) is 2. The van der Waals surface area contributed by atoms with E-state index in [1.54, 1.807) is 0 Å². The minimum Gasteiger partial charge on any atom is -0.353 e. The van der Waals surface area contributed by atoms with E-state index >= 15 is 0 Å². The van der Waals surface area contributed by atoms with Gasteiger partial charge in [-0.05, 0) is 30.5 Å². The molecule has 3 nitrogen and oxygen atoms in total. The molecule has 2 rings (SSSR count). The van der Waals surface area contributed by atoms with Crippen molar-refractivity contribution in [1.29, 1.82) is 0 Å². The van der Waals surface area contributed by atoms with Crippen molar-refractivity contribution in [1.82, 2.24) is 5.32 Å². The van der Waals surface area contributed by atoms with Crippen LogP contribution in [0.1, 0.15) is 19.4 Å². The standard InChI is InChI=1S/C18H21NO2S/c1-14(2)19-18(20)13-22(21)12-16-10-6-7-11-17(16)15-8-4-3-5-9-15/h3-11,14H,12-13H2,1-2H3,(H,19,20). The molecule has 116 valence electrons. The Labute approximate surface area is 134 Å². The van der Waals surface area contributed by atoms with E-state index in [-0.39, 0.29) is 17.7 Å². The van der Waals surface area contributed by atoms with Gasteiger partial charge in [-0.3, -0.25) is 9.00 Å². The number of benzene rings is 2. The van der Waals surface area contributed by atoms with Crippen molar-refractivity contribution in [2.24, 2.45) is 0 Å². The van der Waals surface area contributed by atoms with Crippen molar-refractivity contribution in [2.45, 2.75) is 25.6 Å². The molecular formula is C18H21NO2S. The Balaban J connectivity index is 2.10.